The van der Waals surface area contributed by atoms with E-state index in [2.05, 4.69) is 396 Å². The molecule has 0 aliphatic heterocycles. The fourth-order valence-electron chi connectivity index (χ4n) is 15.7. The van der Waals surface area contributed by atoms with E-state index in [4.69, 9.17) is 8.83 Å². The Morgan fingerprint density at radius 1 is 0.185 bits per heavy atom. The Labute approximate surface area is 632 Å². The number of benzene rings is 17. The SMILES string of the molecule is c1ccc(-c2ccc(N(c3ccc4c(c3)oc3ccccc34)c3cccc4sc5c(N(c6ccccc6)c6ccccc6)cccc5c34)cc2)cc1.c1ccc(N(c2ccccc2)c2cccc3c2sc2cccc(N(c4ccc(-c5ccc6ccccc6c5)cc4)c4ccc5c(c4)oc4ccccc45)c23)cc1. The highest BCUT2D eigenvalue weighted by molar-refractivity contribution is 7.27. The van der Waals surface area contributed by atoms with Crippen LogP contribution in [0, 0.1) is 0 Å². The predicted molar refractivity (Wildman–Crippen MR) is 460 cm³/mol. The lowest BCUT2D eigenvalue weighted by Gasteiger charge is -2.27. The molecular formula is C100H66N4O2S2. The van der Waals surface area contributed by atoms with Crippen LogP contribution in [0.5, 0.6) is 0 Å². The summed E-state index contributed by atoms with van der Waals surface area (Å²) in [6, 6.07) is 143. The molecule has 0 unspecified atom stereocenters. The minimum atomic E-state index is 0.868. The van der Waals surface area contributed by atoms with E-state index in [1.807, 2.05) is 46.9 Å². The van der Waals surface area contributed by atoms with Gasteiger partial charge in [-0.2, -0.15) is 0 Å². The maximum atomic E-state index is 6.47. The molecule has 17 aromatic carbocycles. The van der Waals surface area contributed by atoms with Crippen molar-refractivity contribution in [3.05, 3.63) is 400 Å². The minimum absolute atomic E-state index is 0.868. The maximum Gasteiger partial charge on any atom is 0.137 e. The molecule has 0 saturated heterocycles. The van der Waals surface area contributed by atoms with Crippen LogP contribution in [0.2, 0.25) is 0 Å². The van der Waals surface area contributed by atoms with Gasteiger partial charge in [-0.3, -0.25) is 0 Å². The molecular weight excluding hydrogens is 1350 g/mol. The molecule has 0 saturated carbocycles. The van der Waals surface area contributed by atoms with Crippen LogP contribution in [0.1, 0.15) is 0 Å². The van der Waals surface area contributed by atoms with E-state index in [1.165, 1.54) is 73.4 Å². The standard InChI is InChI=1S/C52H34N2OS.C48H32N2OS/c1-3-15-39(16-4-1)53(40-17-5-2-6-18-40)47-22-11-20-45-51-46(21-12-24-50(51)56-52(45)47)54(42-31-32-44-43-19-9-10-23-48(43)55-49(44)34-42)41-29-27-36(28-30-41)38-26-25-35-13-7-8-14-37(35)33-38;1-4-14-33(15-5-1)34-26-28-37(29-27-34)50(38-30-31-40-39-20-10-11-24-44(39)51-45(40)32-38)42-22-13-25-46-47(42)41-21-12-23-43(48(41)52-46)49(35-16-6-2-7-17-35)36-18-8-3-9-19-36/h1-34H;1-32H. The van der Waals surface area contributed by atoms with Crippen molar-refractivity contribution in [3.8, 4) is 22.3 Å². The largest absolute Gasteiger partial charge is 0.456 e. The number of thiophene rings is 2. The van der Waals surface area contributed by atoms with E-state index in [9.17, 15) is 0 Å². The first-order valence-corrected chi connectivity index (χ1v) is 38.1. The van der Waals surface area contributed by atoms with Crippen LogP contribution in [0.15, 0.2) is 409 Å². The Kier molecular flexibility index (Phi) is 16.2. The number of fused-ring (bicyclic) bond motifs is 13. The second kappa shape index (κ2) is 27.4. The van der Waals surface area contributed by atoms with Gasteiger partial charge in [0.25, 0.3) is 0 Å². The molecule has 0 aliphatic carbocycles. The van der Waals surface area contributed by atoms with Crippen molar-refractivity contribution in [3.63, 3.8) is 0 Å². The Morgan fingerprint density at radius 2 is 0.500 bits per heavy atom. The average molecular weight is 1420 g/mol. The molecule has 0 bridgehead atoms. The van der Waals surface area contributed by atoms with Gasteiger partial charge in [0.1, 0.15) is 22.3 Å². The first kappa shape index (κ1) is 63.9. The summed E-state index contributed by atoms with van der Waals surface area (Å²) in [6.07, 6.45) is 0. The number of hydrogen-bond acceptors (Lipinski definition) is 8. The van der Waals surface area contributed by atoms with Gasteiger partial charge in [0.15, 0.2) is 0 Å². The zero-order valence-corrected chi connectivity index (χ0v) is 60.2. The number of furan rings is 2. The molecule has 510 valence electrons. The molecule has 0 fully saturated rings. The first-order valence-electron chi connectivity index (χ1n) is 36.4. The summed E-state index contributed by atoms with van der Waals surface area (Å²) < 4.78 is 17.8. The first-order chi connectivity index (χ1) is 53.6. The normalized spacial score (nSPS) is 11.5. The lowest BCUT2D eigenvalue weighted by Crippen LogP contribution is -2.10. The van der Waals surface area contributed by atoms with E-state index in [0.29, 0.717) is 0 Å². The lowest BCUT2D eigenvalue weighted by atomic mass is 10.0. The van der Waals surface area contributed by atoms with Gasteiger partial charge in [-0.25, -0.2) is 0 Å². The second-order valence-corrected chi connectivity index (χ2v) is 29.2. The zero-order chi connectivity index (χ0) is 71.4. The molecule has 4 aromatic heterocycles. The van der Waals surface area contributed by atoms with Gasteiger partial charge in [-0.1, -0.05) is 237 Å². The lowest BCUT2D eigenvalue weighted by molar-refractivity contribution is 0.668. The van der Waals surface area contributed by atoms with Crippen molar-refractivity contribution in [1.82, 2.24) is 0 Å². The summed E-state index contributed by atoms with van der Waals surface area (Å²) in [5.74, 6) is 0. The van der Waals surface area contributed by atoms with Crippen LogP contribution in [0.3, 0.4) is 0 Å². The molecule has 4 heterocycles. The molecule has 0 amide bonds. The van der Waals surface area contributed by atoms with Crippen LogP contribution in [0.4, 0.5) is 68.2 Å². The summed E-state index contributed by atoms with van der Waals surface area (Å²) in [6.45, 7) is 0. The molecule has 0 aliphatic rings. The average Bonchev–Trinajstić information content (AvgIpc) is 1.57. The van der Waals surface area contributed by atoms with E-state index < -0.39 is 0 Å². The third-order valence-electron chi connectivity index (χ3n) is 20.7. The number of para-hydroxylation sites is 6. The van der Waals surface area contributed by atoms with E-state index >= 15 is 0 Å². The molecule has 108 heavy (non-hydrogen) atoms. The Morgan fingerprint density at radius 3 is 0.954 bits per heavy atom. The molecule has 0 spiro atoms. The van der Waals surface area contributed by atoms with E-state index in [1.54, 1.807) is 0 Å². The summed E-state index contributed by atoms with van der Waals surface area (Å²) in [5, 5.41) is 11.9. The number of nitrogens with zero attached hydrogens (tertiary/aromatic N) is 4. The highest BCUT2D eigenvalue weighted by Gasteiger charge is 2.26. The van der Waals surface area contributed by atoms with E-state index in [-0.39, 0.29) is 0 Å². The van der Waals surface area contributed by atoms with E-state index in [0.717, 1.165) is 112 Å². The van der Waals surface area contributed by atoms with Gasteiger partial charge in [-0.15, -0.1) is 22.7 Å². The van der Waals surface area contributed by atoms with Gasteiger partial charge >= 0.3 is 0 Å². The van der Waals surface area contributed by atoms with Crippen molar-refractivity contribution in [1.29, 1.82) is 0 Å². The summed E-state index contributed by atoms with van der Waals surface area (Å²) in [5.41, 5.74) is 21.6. The van der Waals surface area contributed by atoms with Crippen molar-refractivity contribution in [2.45, 2.75) is 0 Å². The summed E-state index contributed by atoms with van der Waals surface area (Å²) >= 11 is 3.69. The smallest absolute Gasteiger partial charge is 0.137 e. The molecule has 0 radical (unpaired) electrons. The highest BCUT2D eigenvalue weighted by atomic mass is 32.1. The number of hydrogen-bond donors (Lipinski definition) is 0. The van der Waals surface area contributed by atoms with Gasteiger partial charge in [0.2, 0.25) is 0 Å². The Hall–Kier alpha value is -13.8. The van der Waals surface area contributed by atoms with Gasteiger partial charge in [0, 0.05) is 110 Å². The topological polar surface area (TPSA) is 39.2 Å². The molecule has 0 atom stereocenters. The van der Waals surface area contributed by atoms with Crippen molar-refractivity contribution in [2.75, 3.05) is 19.6 Å². The monoisotopic (exact) mass is 1420 g/mol. The van der Waals surface area contributed by atoms with Crippen LogP contribution >= 0.6 is 22.7 Å². The van der Waals surface area contributed by atoms with Crippen LogP contribution in [0.25, 0.3) is 117 Å². The second-order valence-electron chi connectivity index (χ2n) is 27.1. The quantitative estimate of drug-likeness (QED) is 0.108. The molecule has 8 heteroatoms. The molecule has 0 N–H and O–H groups in total. The highest BCUT2D eigenvalue weighted by Crippen LogP contribution is 2.53. The Bertz CT molecular complexity index is 6800. The van der Waals surface area contributed by atoms with Crippen molar-refractivity contribution in [2.24, 2.45) is 0 Å². The maximum absolute atomic E-state index is 6.47. The van der Waals surface area contributed by atoms with Gasteiger partial charge < -0.3 is 28.4 Å². The van der Waals surface area contributed by atoms with Crippen molar-refractivity contribution < 1.29 is 8.83 Å². The summed E-state index contributed by atoms with van der Waals surface area (Å²) in [7, 11) is 0. The predicted octanol–water partition coefficient (Wildman–Crippen LogP) is 30.3. The third-order valence-corrected chi connectivity index (χ3v) is 23.0. The zero-order valence-electron chi connectivity index (χ0n) is 58.5. The summed E-state index contributed by atoms with van der Waals surface area (Å²) in [4.78, 5) is 9.52. The molecule has 21 aromatic rings. The van der Waals surface area contributed by atoms with Crippen LogP contribution < -0.4 is 19.6 Å². The van der Waals surface area contributed by atoms with Crippen LogP contribution in [-0.4, -0.2) is 0 Å². The van der Waals surface area contributed by atoms with Crippen molar-refractivity contribution >= 4 is 186 Å². The minimum Gasteiger partial charge on any atom is -0.456 e. The Balaban J connectivity index is 0.000000143. The van der Waals surface area contributed by atoms with Gasteiger partial charge in [0.05, 0.1) is 32.1 Å². The number of rotatable bonds is 14. The fourth-order valence-corrected chi connectivity index (χ4v) is 18.1. The molecule has 21 rings (SSSR count). The van der Waals surface area contributed by atoms with Crippen LogP contribution in [-0.2, 0) is 0 Å². The third kappa shape index (κ3) is 11.5. The number of anilines is 12. The van der Waals surface area contributed by atoms with Gasteiger partial charge in [-0.05, 0) is 185 Å². The molecule has 6 nitrogen and oxygen atoms in total. The fraction of sp³-hybridized carbons (Fsp3) is 0.